The number of sulfonamides is 1. The fraction of sp³-hybridized carbons (Fsp3) is 0.480. The largest absolute Gasteiger partial charge is 0.495 e. The Morgan fingerprint density at radius 1 is 1.06 bits per heavy atom. The molecule has 0 spiro atoms. The Morgan fingerprint density at radius 3 is 2.47 bits per heavy atom. The Balaban J connectivity index is 1.38. The van der Waals surface area contributed by atoms with Crippen LogP contribution in [0.4, 0.5) is 10.1 Å². The van der Waals surface area contributed by atoms with E-state index in [4.69, 9.17) is 9.47 Å². The van der Waals surface area contributed by atoms with Gasteiger partial charge in [0.2, 0.25) is 10.0 Å². The first-order chi connectivity index (χ1) is 17.4. The Hall–Kier alpha value is -2.73. The lowest BCUT2D eigenvalue weighted by Crippen LogP contribution is -2.49. The van der Waals surface area contributed by atoms with Gasteiger partial charge in [0.05, 0.1) is 36.5 Å². The van der Waals surface area contributed by atoms with Gasteiger partial charge < -0.3 is 19.3 Å². The van der Waals surface area contributed by atoms with Crippen LogP contribution in [0.25, 0.3) is 0 Å². The van der Waals surface area contributed by atoms with E-state index in [9.17, 15) is 17.6 Å². The highest BCUT2D eigenvalue weighted by Crippen LogP contribution is 2.32. The summed E-state index contributed by atoms with van der Waals surface area (Å²) in [6, 6.07) is 10.7. The molecule has 0 atom stereocenters. The van der Waals surface area contributed by atoms with E-state index in [-0.39, 0.29) is 16.4 Å². The zero-order chi connectivity index (χ0) is 25.5. The molecule has 2 saturated heterocycles. The summed E-state index contributed by atoms with van der Waals surface area (Å²) in [5.74, 6) is -0.338. The van der Waals surface area contributed by atoms with Gasteiger partial charge in [-0.05, 0) is 43.3 Å². The number of morpholine rings is 1. The van der Waals surface area contributed by atoms with Crippen LogP contribution in [0.1, 0.15) is 16.8 Å². The maximum atomic E-state index is 14.1. The monoisotopic (exact) mass is 520 g/mol. The first-order valence-electron chi connectivity index (χ1n) is 12.2. The third kappa shape index (κ3) is 6.33. The van der Waals surface area contributed by atoms with Gasteiger partial charge in [-0.25, -0.2) is 17.5 Å². The summed E-state index contributed by atoms with van der Waals surface area (Å²) in [6.45, 7) is 6.02. The molecule has 2 fully saturated rings. The SMILES string of the molecule is COc1ccc(S(=O)(=O)NCCCN2CCOCC2)cc1N1CCN(C(=O)c2ccccc2F)CC1. The molecular formula is C25H33FN4O5S. The number of amides is 1. The van der Waals surface area contributed by atoms with Crippen molar-refractivity contribution in [2.45, 2.75) is 11.3 Å². The number of carbonyl (C=O) groups excluding carboxylic acids is 1. The Bertz CT molecular complexity index is 1150. The van der Waals surface area contributed by atoms with Crippen LogP contribution in [-0.2, 0) is 14.8 Å². The average Bonchev–Trinajstić information content (AvgIpc) is 2.91. The number of piperazine rings is 1. The van der Waals surface area contributed by atoms with E-state index >= 15 is 0 Å². The molecule has 1 N–H and O–H groups in total. The molecule has 0 bridgehead atoms. The minimum Gasteiger partial charge on any atom is -0.495 e. The molecule has 2 aliphatic heterocycles. The summed E-state index contributed by atoms with van der Waals surface area (Å²) < 4.78 is 53.5. The van der Waals surface area contributed by atoms with Gasteiger partial charge in [0.1, 0.15) is 11.6 Å². The molecule has 36 heavy (non-hydrogen) atoms. The van der Waals surface area contributed by atoms with E-state index < -0.39 is 15.8 Å². The predicted molar refractivity (Wildman–Crippen MR) is 135 cm³/mol. The number of carbonyl (C=O) groups is 1. The number of ether oxygens (including phenoxy) is 2. The maximum Gasteiger partial charge on any atom is 0.256 e. The van der Waals surface area contributed by atoms with Crippen LogP contribution in [0, 0.1) is 5.82 Å². The molecule has 0 aromatic heterocycles. The van der Waals surface area contributed by atoms with E-state index in [0.29, 0.717) is 63.8 Å². The lowest BCUT2D eigenvalue weighted by molar-refractivity contribution is 0.0376. The van der Waals surface area contributed by atoms with Gasteiger partial charge in [0.15, 0.2) is 0 Å². The average molecular weight is 521 g/mol. The van der Waals surface area contributed by atoms with Crippen LogP contribution in [0.15, 0.2) is 47.4 Å². The highest BCUT2D eigenvalue weighted by molar-refractivity contribution is 7.89. The van der Waals surface area contributed by atoms with Gasteiger partial charge in [-0.15, -0.1) is 0 Å². The second kappa shape index (κ2) is 12.0. The number of benzene rings is 2. The van der Waals surface area contributed by atoms with Crippen molar-refractivity contribution in [3.05, 3.63) is 53.8 Å². The van der Waals surface area contributed by atoms with Crippen LogP contribution < -0.4 is 14.4 Å². The van der Waals surface area contributed by atoms with Crippen molar-refractivity contribution >= 4 is 21.6 Å². The smallest absolute Gasteiger partial charge is 0.256 e. The number of anilines is 1. The minimum absolute atomic E-state index is 0.0521. The van der Waals surface area contributed by atoms with E-state index in [1.807, 2.05) is 4.90 Å². The van der Waals surface area contributed by atoms with Crippen molar-refractivity contribution in [1.82, 2.24) is 14.5 Å². The maximum absolute atomic E-state index is 14.1. The van der Waals surface area contributed by atoms with Crippen LogP contribution in [0.2, 0.25) is 0 Å². The number of hydrogen-bond acceptors (Lipinski definition) is 7. The molecule has 9 nitrogen and oxygen atoms in total. The number of halogens is 1. The molecule has 0 saturated carbocycles. The number of rotatable bonds is 9. The van der Waals surface area contributed by atoms with E-state index in [1.54, 1.807) is 29.2 Å². The molecule has 2 aromatic rings. The summed E-state index contributed by atoms with van der Waals surface area (Å²) in [6.07, 6.45) is 0.709. The van der Waals surface area contributed by atoms with Crippen molar-refractivity contribution < 1.29 is 27.1 Å². The van der Waals surface area contributed by atoms with Gasteiger partial charge in [-0.3, -0.25) is 9.69 Å². The van der Waals surface area contributed by atoms with Gasteiger partial charge in [0, 0.05) is 45.8 Å². The summed E-state index contributed by atoms with van der Waals surface area (Å²) in [5, 5.41) is 0. The minimum atomic E-state index is -3.70. The molecule has 1 amide bonds. The first-order valence-corrected chi connectivity index (χ1v) is 13.6. The summed E-state index contributed by atoms with van der Waals surface area (Å²) in [4.78, 5) is 18.8. The Kier molecular flexibility index (Phi) is 8.78. The molecular weight excluding hydrogens is 487 g/mol. The number of methoxy groups -OCH3 is 1. The molecule has 2 heterocycles. The quantitative estimate of drug-likeness (QED) is 0.504. The molecule has 2 aromatic carbocycles. The Labute approximate surface area is 211 Å². The van der Waals surface area contributed by atoms with Gasteiger partial charge in [0.25, 0.3) is 5.91 Å². The standard InChI is InChI=1S/C25H33FN4O5S/c1-34-24-8-7-20(36(32,33)27-9-4-10-28-15-17-35-18-16-28)19-23(24)29-11-13-30(14-12-29)25(31)21-5-2-3-6-22(21)26/h2-3,5-8,19,27H,4,9-18H2,1H3. The lowest BCUT2D eigenvalue weighted by atomic mass is 10.1. The van der Waals surface area contributed by atoms with Crippen molar-refractivity contribution in [2.75, 3.05) is 77.6 Å². The lowest BCUT2D eigenvalue weighted by Gasteiger charge is -2.36. The van der Waals surface area contributed by atoms with Gasteiger partial charge in [-0.1, -0.05) is 12.1 Å². The molecule has 2 aliphatic rings. The van der Waals surface area contributed by atoms with Crippen LogP contribution in [-0.4, -0.2) is 96.8 Å². The van der Waals surface area contributed by atoms with E-state index in [1.165, 1.54) is 25.3 Å². The van der Waals surface area contributed by atoms with Crippen molar-refractivity contribution in [1.29, 1.82) is 0 Å². The predicted octanol–water partition coefficient (Wildman–Crippen LogP) is 1.80. The second-order valence-corrected chi connectivity index (χ2v) is 10.6. The number of nitrogens with zero attached hydrogens (tertiary/aromatic N) is 3. The molecule has 196 valence electrons. The van der Waals surface area contributed by atoms with Crippen LogP contribution in [0.3, 0.4) is 0 Å². The van der Waals surface area contributed by atoms with Crippen LogP contribution in [0.5, 0.6) is 5.75 Å². The van der Waals surface area contributed by atoms with E-state index in [0.717, 1.165) is 19.6 Å². The zero-order valence-corrected chi connectivity index (χ0v) is 21.3. The summed E-state index contributed by atoms with van der Waals surface area (Å²) in [5.41, 5.74) is 0.697. The van der Waals surface area contributed by atoms with Gasteiger partial charge >= 0.3 is 0 Å². The fourth-order valence-corrected chi connectivity index (χ4v) is 5.55. The molecule has 0 unspecified atom stereocenters. The van der Waals surface area contributed by atoms with Crippen molar-refractivity contribution in [2.24, 2.45) is 0 Å². The zero-order valence-electron chi connectivity index (χ0n) is 20.5. The van der Waals surface area contributed by atoms with E-state index in [2.05, 4.69) is 9.62 Å². The number of nitrogens with one attached hydrogen (secondary N) is 1. The first kappa shape index (κ1) is 26.3. The Morgan fingerprint density at radius 2 is 1.78 bits per heavy atom. The highest BCUT2D eigenvalue weighted by atomic mass is 32.2. The normalized spacial score (nSPS) is 17.3. The molecule has 0 aliphatic carbocycles. The van der Waals surface area contributed by atoms with Gasteiger partial charge in [-0.2, -0.15) is 0 Å². The topological polar surface area (TPSA) is 91.4 Å². The fourth-order valence-electron chi connectivity index (χ4n) is 4.46. The van der Waals surface area contributed by atoms with Crippen molar-refractivity contribution in [3.8, 4) is 5.75 Å². The number of hydrogen-bond donors (Lipinski definition) is 1. The van der Waals surface area contributed by atoms with Crippen LogP contribution >= 0.6 is 0 Å². The summed E-state index contributed by atoms with van der Waals surface area (Å²) in [7, 11) is -2.16. The third-order valence-electron chi connectivity index (χ3n) is 6.52. The molecule has 4 rings (SSSR count). The third-order valence-corrected chi connectivity index (χ3v) is 7.98. The molecule has 11 heteroatoms. The summed E-state index contributed by atoms with van der Waals surface area (Å²) >= 11 is 0. The second-order valence-electron chi connectivity index (χ2n) is 8.80. The molecule has 0 radical (unpaired) electrons. The van der Waals surface area contributed by atoms with Crippen molar-refractivity contribution in [3.63, 3.8) is 0 Å². The highest BCUT2D eigenvalue weighted by Gasteiger charge is 2.26.